The first kappa shape index (κ1) is 17.1. The second-order valence-corrected chi connectivity index (χ2v) is 7.15. The summed E-state index contributed by atoms with van der Waals surface area (Å²) >= 11 is 0. The molecule has 6 nitrogen and oxygen atoms in total. The number of likely N-dealkylation sites (tertiary alicyclic amines) is 1. The van der Waals surface area contributed by atoms with Gasteiger partial charge in [0.25, 0.3) is 0 Å². The first-order valence-corrected chi connectivity index (χ1v) is 8.22. The van der Waals surface area contributed by atoms with E-state index in [1.165, 1.54) is 0 Å². The van der Waals surface area contributed by atoms with Crippen LogP contribution in [0, 0.1) is 5.92 Å². The van der Waals surface area contributed by atoms with Crippen molar-refractivity contribution in [1.82, 2.24) is 10.2 Å². The number of hydrogen-bond acceptors (Lipinski definition) is 4. The average molecular weight is 312 g/mol. The van der Waals surface area contributed by atoms with Gasteiger partial charge in [-0.3, -0.25) is 4.79 Å². The summed E-state index contributed by atoms with van der Waals surface area (Å²) in [5.41, 5.74) is -0.508. The summed E-state index contributed by atoms with van der Waals surface area (Å²) in [5, 5.41) is 2.96. The highest BCUT2D eigenvalue weighted by molar-refractivity contribution is 5.80. The Labute approximate surface area is 132 Å². The lowest BCUT2D eigenvalue weighted by Crippen LogP contribution is -2.47. The second kappa shape index (κ2) is 7.31. The van der Waals surface area contributed by atoms with Gasteiger partial charge in [-0.05, 0) is 46.5 Å². The SMILES string of the molecule is CC(C)(C)OC(=O)N1CCC[C@H](C(=O)NC[C@@H]2CCCO2)C1. The number of ether oxygens (including phenoxy) is 2. The van der Waals surface area contributed by atoms with Gasteiger partial charge < -0.3 is 19.7 Å². The number of carbonyl (C=O) groups excluding carboxylic acids is 2. The molecule has 0 unspecified atom stereocenters. The summed E-state index contributed by atoms with van der Waals surface area (Å²) in [5.74, 6) is -0.133. The monoisotopic (exact) mass is 312 g/mol. The third-order valence-electron chi connectivity index (χ3n) is 3.97. The van der Waals surface area contributed by atoms with Gasteiger partial charge in [0, 0.05) is 26.2 Å². The number of nitrogens with zero attached hydrogens (tertiary/aromatic N) is 1. The molecule has 2 heterocycles. The van der Waals surface area contributed by atoms with Crippen LogP contribution in [0.1, 0.15) is 46.5 Å². The van der Waals surface area contributed by atoms with Crippen molar-refractivity contribution >= 4 is 12.0 Å². The molecule has 2 atom stereocenters. The highest BCUT2D eigenvalue weighted by atomic mass is 16.6. The molecule has 2 saturated heterocycles. The predicted octanol–water partition coefficient (Wildman–Crippen LogP) is 1.93. The minimum atomic E-state index is -0.508. The van der Waals surface area contributed by atoms with Gasteiger partial charge in [0.05, 0.1) is 12.0 Å². The molecule has 0 aliphatic carbocycles. The maximum Gasteiger partial charge on any atom is 0.410 e. The van der Waals surface area contributed by atoms with Crippen LogP contribution < -0.4 is 5.32 Å². The minimum Gasteiger partial charge on any atom is -0.444 e. The molecule has 2 fully saturated rings. The third kappa shape index (κ3) is 5.16. The van der Waals surface area contributed by atoms with Crippen LogP contribution in [0.4, 0.5) is 4.79 Å². The second-order valence-electron chi connectivity index (χ2n) is 7.15. The van der Waals surface area contributed by atoms with E-state index in [0.717, 1.165) is 32.3 Å². The van der Waals surface area contributed by atoms with E-state index in [9.17, 15) is 9.59 Å². The third-order valence-corrected chi connectivity index (χ3v) is 3.97. The van der Waals surface area contributed by atoms with Crippen molar-refractivity contribution in [3.63, 3.8) is 0 Å². The molecule has 2 rings (SSSR count). The van der Waals surface area contributed by atoms with Crippen molar-refractivity contribution in [3.8, 4) is 0 Å². The number of hydrogen-bond donors (Lipinski definition) is 1. The Hall–Kier alpha value is -1.30. The molecular formula is C16H28N2O4. The van der Waals surface area contributed by atoms with Crippen LogP contribution in [0.2, 0.25) is 0 Å². The van der Waals surface area contributed by atoms with Crippen LogP contribution >= 0.6 is 0 Å². The van der Waals surface area contributed by atoms with Crippen LogP contribution in [0.15, 0.2) is 0 Å². The van der Waals surface area contributed by atoms with Crippen LogP contribution in [0.25, 0.3) is 0 Å². The maximum absolute atomic E-state index is 12.3. The van der Waals surface area contributed by atoms with Crippen molar-refractivity contribution in [2.75, 3.05) is 26.2 Å². The molecule has 2 aliphatic rings. The normalized spacial score (nSPS) is 25.9. The highest BCUT2D eigenvalue weighted by Gasteiger charge is 2.31. The number of amides is 2. The summed E-state index contributed by atoms with van der Waals surface area (Å²) in [7, 11) is 0. The minimum absolute atomic E-state index is 0.0174. The quantitative estimate of drug-likeness (QED) is 0.864. The van der Waals surface area contributed by atoms with Crippen molar-refractivity contribution in [2.45, 2.75) is 58.2 Å². The summed E-state index contributed by atoms with van der Waals surface area (Å²) in [4.78, 5) is 26.0. The number of carbonyl (C=O) groups is 2. The molecule has 0 aromatic heterocycles. The fraction of sp³-hybridized carbons (Fsp3) is 0.875. The smallest absolute Gasteiger partial charge is 0.410 e. The maximum atomic E-state index is 12.3. The molecule has 0 aromatic rings. The zero-order valence-electron chi connectivity index (χ0n) is 13.9. The molecular weight excluding hydrogens is 284 g/mol. The lowest BCUT2D eigenvalue weighted by Gasteiger charge is -2.33. The van der Waals surface area contributed by atoms with E-state index in [-0.39, 0.29) is 24.0 Å². The molecule has 1 N–H and O–H groups in total. The van der Waals surface area contributed by atoms with Gasteiger partial charge >= 0.3 is 6.09 Å². The number of piperidine rings is 1. The van der Waals surface area contributed by atoms with Gasteiger partial charge in [0.2, 0.25) is 5.91 Å². The Bertz CT molecular complexity index is 399. The van der Waals surface area contributed by atoms with Gasteiger partial charge in [-0.2, -0.15) is 0 Å². The van der Waals surface area contributed by atoms with Crippen LogP contribution in [-0.2, 0) is 14.3 Å². The Kier molecular flexibility index (Phi) is 5.67. The topological polar surface area (TPSA) is 67.9 Å². The zero-order valence-corrected chi connectivity index (χ0v) is 13.9. The molecule has 0 bridgehead atoms. The van der Waals surface area contributed by atoms with Crippen molar-refractivity contribution in [1.29, 1.82) is 0 Å². The van der Waals surface area contributed by atoms with E-state index in [4.69, 9.17) is 9.47 Å². The van der Waals surface area contributed by atoms with Crippen LogP contribution in [-0.4, -0.2) is 54.8 Å². The Morgan fingerprint density at radius 1 is 1.27 bits per heavy atom. The van der Waals surface area contributed by atoms with Crippen molar-refractivity contribution in [2.24, 2.45) is 5.92 Å². The summed E-state index contributed by atoms with van der Waals surface area (Å²) in [6.45, 7) is 8.00. The van der Waals surface area contributed by atoms with E-state index in [1.54, 1.807) is 4.90 Å². The highest BCUT2D eigenvalue weighted by Crippen LogP contribution is 2.20. The van der Waals surface area contributed by atoms with Gasteiger partial charge in [0.1, 0.15) is 5.60 Å². The van der Waals surface area contributed by atoms with Gasteiger partial charge in [-0.25, -0.2) is 4.79 Å². The summed E-state index contributed by atoms with van der Waals surface area (Å²) < 4.78 is 10.9. The molecule has 0 saturated carbocycles. The number of rotatable bonds is 3. The molecule has 0 radical (unpaired) electrons. The van der Waals surface area contributed by atoms with Crippen LogP contribution in [0.3, 0.4) is 0 Å². The van der Waals surface area contributed by atoms with Gasteiger partial charge in [-0.1, -0.05) is 0 Å². The van der Waals surface area contributed by atoms with E-state index < -0.39 is 5.60 Å². The lowest BCUT2D eigenvalue weighted by atomic mass is 9.97. The fourth-order valence-corrected chi connectivity index (χ4v) is 2.85. The summed E-state index contributed by atoms with van der Waals surface area (Å²) in [6.07, 6.45) is 3.54. The van der Waals surface area contributed by atoms with Crippen molar-refractivity contribution < 1.29 is 19.1 Å². The molecule has 6 heteroatoms. The standard InChI is InChI=1S/C16H28N2O4/c1-16(2,3)22-15(20)18-8-4-6-12(11-18)14(19)17-10-13-7-5-9-21-13/h12-13H,4-11H2,1-3H3,(H,17,19)/t12-,13-/m0/s1. The molecule has 22 heavy (non-hydrogen) atoms. The molecule has 0 spiro atoms. The largest absolute Gasteiger partial charge is 0.444 e. The first-order valence-electron chi connectivity index (χ1n) is 8.22. The molecule has 2 amide bonds. The van der Waals surface area contributed by atoms with Gasteiger partial charge in [0.15, 0.2) is 0 Å². The van der Waals surface area contributed by atoms with E-state index in [1.807, 2.05) is 20.8 Å². The number of nitrogens with one attached hydrogen (secondary N) is 1. The molecule has 126 valence electrons. The van der Waals surface area contributed by atoms with Crippen molar-refractivity contribution in [3.05, 3.63) is 0 Å². The van der Waals surface area contributed by atoms with E-state index in [2.05, 4.69) is 5.32 Å². The summed E-state index contributed by atoms with van der Waals surface area (Å²) in [6, 6.07) is 0. The first-order chi connectivity index (χ1) is 10.3. The molecule has 0 aromatic carbocycles. The Balaban J connectivity index is 1.79. The lowest BCUT2D eigenvalue weighted by molar-refractivity contribution is -0.127. The van der Waals surface area contributed by atoms with E-state index >= 15 is 0 Å². The Morgan fingerprint density at radius 3 is 2.68 bits per heavy atom. The molecule has 2 aliphatic heterocycles. The Morgan fingerprint density at radius 2 is 2.05 bits per heavy atom. The average Bonchev–Trinajstić information content (AvgIpc) is 2.96. The predicted molar refractivity (Wildman–Crippen MR) is 82.5 cm³/mol. The zero-order chi connectivity index (χ0) is 16.2. The fourth-order valence-electron chi connectivity index (χ4n) is 2.85. The van der Waals surface area contributed by atoms with Crippen LogP contribution in [0.5, 0.6) is 0 Å². The van der Waals surface area contributed by atoms with E-state index in [0.29, 0.717) is 19.6 Å². The van der Waals surface area contributed by atoms with Gasteiger partial charge in [-0.15, -0.1) is 0 Å².